The normalized spacial score (nSPS) is 10.9. The lowest BCUT2D eigenvalue weighted by molar-refractivity contribution is 0.0561. The molecular formula is C17H16N4O5S. The highest BCUT2D eigenvalue weighted by Crippen LogP contribution is 2.28. The zero-order chi connectivity index (χ0) is 19.2. The predicted octanol–water partition coefficient (Wildman–Crippen LogP) is 2.79. The number of nitrogens with zero attached hydrogens (tertiary/aromatic N) is 3. The number of esters is 1. The van der Waals surface area contributed by atoms with Gasteiger partial charge in [0.1, 0.15) is 18.7 Å². The summed E-state index contributed by atoms with van der Waals surface area (Å²) in [6.45, 7) is 0.130. The Labute approximate surface area is 159 Å². The summed E-state index contributed by atoms with van der Waals surface area (Å²) in [6.07, 6.45) is 3.09. The van der Waals surface area contributed by atoms with E-state index < -0.39 is 5.97 Å². The van der Waals surface area contributed by atoms with Gasteiger partial charge < -0.3 is 18.6 Å². The molecule has 0 aliphatic heterocycles. The summed E-state index contributed by atoms with van der Waals surface area (Å²) in [4.78, 5) is 11.4. The number of carbonyl (C=O) groups is 1. The Morgan fingerprint density at radius 2 is 2.19 bits per heavy atom. The number of carbonyl (C=O) groups excluding carboxylic acids is 1. The highest BCUT2D eigenvalue weighted by atomic mass is 32.1. The largest absolute Gasteiger partial charge is 0.493 e. The molecule has 3 aromatic rings. The molecule has 2 aromatic heterocycles. The second-order valence-corrected chi connectivity index (χ2v) is 5.59. The number of methoxy groups -OCH3 is 2. The Hall–Kier alpha value is -3.40. The fraction of sp³-hybridized carbons (Fsp3) is 0.176. The van der Waals surface area contributed by atoms with Crippen LogP contribution in [0.25, 0.3) is 0 Å². The molecule has 0 aliphatic rings. The average Bonchev–Trinajstić information content (AvgIpc) is 3.33. The zero-order valence-electron chi connectivity index (χ0n) is 14.5. The Kier molecular flexibility index (Phi) is 5.67. The number of benzene rings is 1. The molecule has 0 saturated heterocycles. The SMILES string of the molecule is COC(=O)c1ccc(COc2ccc(C=Nn3cn[nH]c3=S)cc2OC)o1. The summed E-state index contributed by atoms with van der Waals surface area (Å²) in [5.41, 5.74) is 0.785. The van der Waals surface area contributed by atoms with Crippen molar-refractivity contribution in [3.05, 3.63) is 58.5 Å². The summed E-state index contributed by atoms with van der Waals surface area (Å²) >= 11 is 5.03. The Bertz CT molecular complexity index is 1020. The number of aromatic nitrogens is 3. The van der Waals surface area contributed by atoms with Crippen molar-refractivity contribution in [3.8, 4) is 11.5 Å². The standard InChI is InChI=1S/C17H16N4O5S/c1-23-15-7-11(8-19-21-10-18-20-17(21)27)3-5-13(15)25-9-12-4-6-14(26-12)16(22)24-2/h3-8,10H,9H2,1-2H3,(H,20,27). The molecule has 3 rings (SSSR count). The maximum absolute atomic E-state index is 11.4. The van der Waals surface area contributed by atoms with Crippen LogP contribution in [0.2, 0.25) is 0 Å². The van der Waals surface area contributed by atoms with E-state index in [1.807, 2.05) is 6.07 Å². The first kappa shape index (κ1) is 18.4. The van der Waals surface area contributed by atoms with Gasteiger partial charge in [-0.3, -0.25) is 5.10 Å². The molecule has 0 spiro atoms. The van der Waals surface area contributed by atoms with E-state index in [2.05, 4.69) is 20.0 Å². The second-order valence-electron chi connectivity index (χ2n) is 5.21. The zero-order valence-corrected chi connectivity index (χ0v) is 15.4. The maximum atomic E-state index is 11.4. The summed E-state index contributed by atoms with van der Waals surface area (Å²) in [5, 5.41) is 10.6. The van der Waals surface area contributed by atoms with E-state index in [1.54, 1.807) is 24.4 Å². The molecule has 0 saturated carbocycles. The van der Waals surface area contributed by atoms with Gasteiger partial charge in [-0.2, -0.15) is 14.9 Å². The molecule has 0 fully saturated rings. The molecule has 1 aromatic carbocycles. The van der Waals surface area contributed by atoms with Gasteiger partial charge in [-0.1, -0.05) is 0 Å². The minimum absolute atomic E-state index is 0.118. The van der Waals surface area contributed by atoms with E-state index in [1.165, 1.54) is 31.3 Å². The van der Waals surface area contributed by atoms with Gasteiger partial charge in [0, 0.05) is 0 Å². The molecule has 0 bridgehead atoms. The van der Waals surface area contributed by atoms with Gasteiger partial charge in [-0.15, -0.1) is 0 Å². The van der Waals surface area contributed by atoms with Crippen molar-refractivity contribution >= 4 is 24.4 Å². The van der Waals surface area contributed by atoms with Crippen LogP contribution < -0.4 is 9.47 Å². The second kappa shape index (κ2) is 8.32. The average molecular weight is 388 g/mol. The van der Waals surface area contributed by atoms with Crippen LogP contribution in [0.5, 0.6) is 11.5 Å². The fourth-order valence-corrected chi connectivity index (χ4v) is 2.30. The fourth-order valence-electron chi connectivity index (χ4n) is 2.15. The number of aromatic amines is 1. The third kappa shape index (κ3) is 4.42. The van der Waals surface area contributed by atoms with Crippen molar-refractivity contribution in [1.82, 2.24) is 14.9 Å². The topological polar surface area (TPSA) is 104 Å². The first-order valence-corrected chi connectivity index (χ1v) is 8.16. The number of rotatable bonds is 7. The van der Waals surface area contributed by atoms with Crippen LogP contribution in [0.15, 0.2) is 46.2 Å². The summed E-state index contributed by atoms with van der Waals surface area (Å²) in [6, 6.07) is 8.51. The van der Waals surface area contributed by atoms with Crippen LogP contribution in [0.4, 0.5) is 0 Å². The monoisotopic (exact) mass is 388 g/mol. The number of H-pyrrole nitrogens is 1. The van der Waals surface area contributed by atoms with Crippen LogP contribution in [-0.4, -0.2) is 41.3 Å². The van der Waals surface area contributed by atoms with Gasteiger partial charge in [0.25, 0.3) is 0 Å². The van der Waals surface area contributed by atoms with E-state index in [9.17, 15) is 4.79 Å². The maximum Gasteiger partial charge on any atom is 0.373 e. The highest BCUT2D eigenvalue weighted by molar-refractivity contribution is 7.71. The molecule has 0 atom stereocenters. The molecule has 0 amide bonds. The van der Waals surface area contributed by atoms with E-state index in [0.29, 0.717) is 22.0 Å². The summed E-state index contributed by atoms with van der Waals surface area (Å²) in [5.74, 6) is 1.10. The first-order valence-electron chi connectivity index (χ1n) is 7.75. The van der Waals surface area contributed by atoms with Gasteiger partial charge >= 0.3 is 5.97 Å². The number of hydrogen-bond acceptors (Lipinski definition) is 8. The first-order chi connectivity index (χ1) is 13.1. The molecule has 0 unspecified atom stereocenters. The van der Waals surface area contributed by atoms with E-state index in [-0.39, 0.29) is 12.4 Å². The van der Waals surface area contributed by atoms with E-state index >= 15 is 0 Å². The lowest BCUT2D eigenvalue weighted by Crippen LogP contribution is -1.99. The Morgan fingerprint density at radius 3 is 2.89 bits per heavy atom. The van der Waals surface area contributed by atoms with Crippen molar-refractivity contribution in [3.63, 3.8) is 0 Å². The third-order valence-electron chi connectivity index (χ3n) is 3.47. The summed E-state index contributed by atoms with van der Waals surface area (Å²) in [7, 11) is 2.83. The third-order valence-corrected chi connectivity index (χ3v) is 3.75. The number of furan rings is 1. The molecule has 0 radical (unpaired) electrons. The number of ether oxygens (including phenoxy) is 3. The smallest absolute Gasteiger partial charge is 0.373 e. The van der Waals surface area contributed by atoms with Crippen molar-refractivity contribution in [2.75, 3.05) is 14.2 Å². The van der Waals surface area contributed by atoms with E-state index in [4.69, 9.17) is 26.1 Å². The molecule has 0 aliphatic carbocycles. The molecule has 10 heteroatoms. The van der Waals surface area contributed by atoms with Crippen LogP contribution >= 0.6 is 12.2 Å². The van der Waals surface area contributed by atoms with Crippen molar-refractivity contribution < 1.29 is 23.4 Å². The van der Waals surface area contributed by atoms with Crippen LogP contribution in [-0.2, 0) is 11.3 Å². The predicted molar refractivity (Wildman–Crippen MR) is 97.8 cm³/mol. The van der Waals surface area contributed by atoms with Gasteiger partial charge in [0.05, 0.1) is 20.4 Å². The Balaban J connectivity index is 1.70. The minimum Gasteiger partial charge on any atom is -0.493 e. The lowest BCUT2D eigenvalue weighted by Gasteiger charge is -2.10. The quantitative estimate of drug-likeness (QED) is 0.377. The number of nitrogens with one attached hydrogen (secondary N) is 1. The van der Waals surface area contributed by atoms with Gasteiger partial charge in [0.15, 0.2) is 11.5 Å². The summed E-state index contributed by atoms with van der Waals surface area (Å²) < 4.78 is 22.9. The van der Waals surface area contributed by atoms with Crippen molar-refractivity contribution in [2.24, 2.45) is 5.10 Å². The van der Waals surface area contributed by atoms with Crippen molar-refractivity contribution in [1.29, 1.82) is 0 Å². The molecule has 9 nitrogen and oxygen atoms in total. The highest BCUT2D eigenvalue weighted by Gasteiger charge is 2.12. The molecule has 2 heterocycles. The van der Waals surface area contributed by atoms with E-state index in [0.717, 1.165) is 5.56 Å². The number of hydrogen-bond donors (Lipinski definition) is 1. The molecule has 140 valence electrons. The van der Waals surface area contributed by atoms with Gasteiger partial charge in [-0.25, -0.2) is 4.79 Å². The van der Waals surface area contributed by atoms with Gasteiger partial charge in [-0.05, 0) is 48.1 Å². The minimum atomic E-state index is -0.541. The Morgan fingerprint density at radius 1 is 1.33 bits per heavy atom. The molecule has 27 heavy (non-hydrogen) atoms. The molecular weight excluding hydrogens is 372 g/mol. The lowest BCUT2D eigenvalue weighted by atomic mass is 10.2. The molecule has 1 N–H and O–H groups in total. The van der Waals surface area contributed by atoms with Crippen LogP contribution in [0, 0.1) is 4.77 Å². The van der Waals surface area contributed by atoms with Crippen LogP contribution in [0.1, 0.15) is 21.9 Å². The van der Waals surface area contributed by atoms with Crippen LogP contribution in [0.3, 0.4) is 0 Å². The van der Waals surface area contributed by atoms with Crippen molar-refractivity contribution in [2.45, 2.75) is 6.61 Å². The van der Waals surface area contributed by atoms with Gasteiger partial charge in [0.2, 0.25) is 10.5 Å².